The highest BCUT2D eigenvalue weighted by atomic mass is 27.0. The van der Waals surface area contributed by atoms with Gasteiger partial charge in [0.05, 0.1) is 18.4 Å². The van der Waals surface area contributed by atoms with E-state index in [2.05, 4.69) is 30.6 Å². The first-order valence-corrected chi connectivity index (χ1v) is 9.98. The lowest BCUT2D eigenvalue weighted by atomic mass is 10.1. The van der Waals surface area contributed by atoms with Crippen molar-refractivity contribution in [2.75, 3.05) is 11.1 Å². The molecule has 0 unspecified atom stereocenters. The number of hydrogen-bond donors (Lipinski definition) is 5. The maximum atomic E-state index is 12.3. The molecule has 3 rings (SSSR count). The number of nitrogens with one attached hydrogen (secondary N) is 3. The molecule has 13 heteroatoms. The molecule has 12 nitrogen and oxygen atoms in total. The number of nitrogen functional groups attached to an aromatic ring is 1. The fourth-order valence-corrected chi connectivity index (χ4v) is 2.94. The molecule has 0 saturated carbocycles. The zero-order valence-corrected chi connectivity index (χ0v) is 17.8. The Kier molecular flexibility index (Phi) is 7.14. The molecule has 1 aromatic carbocycles. The first-order chi connectivity index (χ1) is 15.2. The van der Waals surface area contributed by atoms with E-state index in [4.69, 9.17) is 5.73 Å². The first-order valence-electron chi connectivity index (χ1n) is 9.40. The van der Waals surface area contributed by atoms with E-state index in [0.29, 0.717) is 11.4 Å². The standard InChI is InChI=1S/C19H18N7O5.Al/c20-19-25-15-14(17(29)26-19)23-12(9-22-15)8-21-11-5-3-10(4-6-11)16(28)24-13(18(30)31)2-1-7-27;/h3-6,9,13,21H,1-2,8H2,(H,24,28)(H,30,31)(H3,20,22,25,26,29);/t13-;/m0./s1. The van der Waals surface area contributed by atoms with Crippen LogP contribution in [0.5, 0.6) is 0 Å². The number of hydrogen-bond acceptors (Lipinski definition) is 9. The third-order valence-electron chi connectivity index (χ3n) is 4.39. The smallest absolute Gasteiger partial charge is 0.326 e. The first kappa shape index (κ1) is 22.9. The molecule has 2 heterocycles. The molecule has 0 saturated heterocycles. The zero-order chi connectivity index (χ0) is 23.3. The van der Waals surface area contributed by atoms with Crippen LogP contribution in [0.2, 0.25) is 0 Å². The number of rotatable bonds is 9. The average Bonchev–Trinajstić information content (AvgIpc) is 2.75. The lowest BCUT2D eigenvalue weighted by Gasteiger charge is -2.14. The number of anilines is 2. The Bertz CT molecular complexity index is 1230. The summed E-state index contributed by atoms with van der Waals surface area (Å²) >= 11 is 1.97. The molecule has 0 bridgehead atoms. The van der Waals surface area contributed by atoms with Crippen LogP contribution < -0.4 is 21.9 Å². The lowest BCUT2D eigenvalue weighted by Crippen LogP contribution is -2.41. The highest BCUT2D eigenvalue weighted by Crippen LogP contribution is 2.12. The maximum Gasteiger partial charge on any atom is 0.326 e. The van der Waals surface area contributed by atoms with Crippen molar-refractivity contribution in [1.82, 2.24) is 25.3 Å². The molecule has 0 aliphatic rings. The van der Waals surface area contributed by atoms with Crippen LogP contribution in [-0.2, 0) is 16.1 Å². The van der Waals surface area contributed by atoms with Crippen LogP contribution in [-0.4, -0.2) is 63.9 Å². The number of carbonyl (C=O) groups excluding carboxylic acids is 2. The predicted molar refractivity (Wildman–Crippen MR) is 115 cm³/mol. The molecular weight excluding hydrogens is 433 g/mol. The van der Waals surface area contributed by atoms with Crippen molar-refractivity contribution in [2.45, 2.75) is 25.4 Å². The summed E-state index contributed by atoms with van der Waals surface area (Å²) in [7, 11) is 0. The zero-order valence-electron chi connectivity index (χ0n) is 16.7. The molecule has 1 atom stereocenters. The monoisotopic (exact) mass is 451 g/mol. The number of carboxylic acid groups (broad SMARTS) is 1. The van der Waals surface area contributed by atoms with Crippen molar-refractivity contribution in [3.8, 4) is 0 Å². The fraction of sp³-hybridized carbons (Fsp3) is 0.211. The molecule has 6 N–H and O–H groups in total. The van der Waals surface area contributed by atoms with Crippen LogP contribution in [0, 0.1) is 0 Å². The van der Waals surface area contributed by atoms with E-state index in [9.17, 15) is 24.3 Å². The van der Waals surface area contributed by atoms with Crippen molar-refractivity contribution in [3.05, 3.63) is 52.1 Å². The third kappa shape index (κ3) is 5.87. The lowest BCUT2D eigenvalue weighted by molar-refractivity contribution is -0.139. The largest absolute Gasteiger partial charge is 0.480 e. The Morgan fingerprint density at radius 1 is 1.19 bits per heavy atom. The maximum absolute atomic E-state index is 12.3. The summed E-state index contributed by atoms with van der Waals surface area (Å²) in [6.45, 7) is 0.252. The summed E-state index contributed by atoms with van der Waals surface area (Å²) in [6.07, 6.45) is 1.49. The second-order valence-electron chi connectivity index (χ2n) is 6.78. The van der Waals surface area contributed by atoms with Gasteiger partial charge in [0.15, 0.2) is 11.2 Å². The second-order valence-corrected chi connectivity index (χ2v) is 7.43. The number of aromatic amines is 1. The molecule has 0 aliphatic heterocycles. The minimum Gasteiger partial charge on any atom is -0.480 e. The summed E-state index contributed by atoms with van der Waals surface area (Å²) in [5.74, 6) is -1.82. The third-order valence-corrected chi connectivity index (χ3v) is 4.68. The van der Waals surface area contributed by atoms with E-state index in [-0.39, 0.29) is 46.7 Å². The van der Waals surface area contributed by atoms with Crippen LogP contribution >= 0.6 is 0 Å². The van der Waals surface area contributed by atoms with Gasteiger partial charge in [-0.05, 0) is 37.1 Å². The van der Waals surface area contributed by atoms with Crippen LogP contribution in [0.15, 0.2) is 35.3 Å². The van der Waals surface area contributed by atoms with Crippen LogP contribution in [0.25, 0.3) is 11.2 Å². The second kappa shape index (κ2) is 9.99. The molecule has 3 aromatic rings. The molecule has 2 aromatic heterocycles. The van der Waals surface area contributed by atoms with E-state index in [0.717, 1.165) is 0 Å². The van der Waals surface area contributed by atoms with Gasteiger partial charge in [-0.25, -0.2) is 14.8 Å². The van der Waals surface area contributed by atoms with Gasteiger partial charge < -0.3 is 26.3 Å². The van der Waals surface area contributed by atoms with Crippen molar-refractivity contribution >= 4 is 55.6 Å². The predicted octanol–water partition coefficient (Wildman–Crippen LogP) is -0.434. The highest BCUT2D eigenvalue weighted by molar-refractivity contribution is 6.57. The Morgan fingerprint density at radius 3 is 2.56 bits per heavy atom. The van der Waals surface area contributed by atoms with E-state index < -0.39 is 23.5 Å². The van der Waals surface area contributed by atoms with E-state index in [1.165, 1.54) is 18.3 Å². The highest BCUT2D eigenvalue weighted by Gasteiger charge is 2.20. The molecule has 0 aliphatic carbocycles. The topological polar surface area (TPSA) is 193 Å². The minimum absolute atomic E-state index is 0.000780. The number of nitrogens with zero attached hydrogens (tertiary/aromatic N) is 3. The number of aliphatic carboxylic acids is 1. The molecule has 0 spiro atoms. The van der Waals surface area contributed by atoms with Gasteiger partial charge in [0.2, 0.25) is 22.2 Å². The number of carboxylic acids is 1. The van der Waals surface area contributed by atoms with Crippen molar-refractivity contribution in [3.63, 3.8) is 0 Å². The molecule has 2 radical (unpaired) electrons. The van der Waals surface area contributed by atoms with E-state index in [1.807, 2.05) is 16.3 Å². The Balaban J connectivity index is 1.62. The van der Waals surface area contributed by atoms with Crippen molar-refractivity contribution in [2.24, 2.45) is 0 Å². The number of carbonyl (C=O) groups is 3. The number of nitrogens with two attached hydrogens (primary N) is 1. The Hall–Kier alpha value is -3.82. The average molecular weight is 451 g/mol. The van der Waals surface area contributed by atoms with Gasteiger partial charge >= 0.3 is 5.97 Å². The van der Waals surface area contributed by atoms with Crippen LogP contribution in [0.3, 0.4) is 0 Å². The number of H-pyrrole nitrogens is 1. The fourth-order valence-electron chi connectivity index (χ4n) is 2.77. The number of amides is 1. The van der Waals surface area contributed by atoms with E-state index in [1.54, 1.807) is 12.1 Å². The van der Waals surface area contributed by atoms with E-state index >= 15 is 0 Å². The van der Waals surface area contributed by atoms with Crippen LogP contribution in [0.4, 0.5) is 11.6 Å². The number of aromatic nitrogens is 4. The van der Waals surface area contributed by atoms with Crippen LogP contribution in [0.1, 0.15) is 28.9 Å². The normalized spacial score (nSPS) is 11.6. The Morgan fingerprint density at radius 2 is 1.91 bits per heavy atom. The van der Waals surface area contributed by atoms with Gasteiger partial charge in [0.1, 0.15) is 6.04 Å². The van der Waals surface area contributed by atoms with Gasteiger partial charge in [-0.3, -0.25) is 14.6 Å². The number of benzene rings is 1. The summed E-state index contributed by atoms with van der Waals surface area (Å²) in [6, 6.07) is 5.17. The van der Waals surface area contributed by atoms with Crippen molar-refractivity contribution < 1.29 is 19.5 Å². The molecular formula is C19H18AlN7O5. The van der Waals surface area contributed by atoms with Gasteiger partial charge in [-0.2, -0.15) is 4.98 Å². The molecule has 1 amide bonds. The minimum atomic E-state index is -1.21. The summed E-state index contributed by atoms with van der Waals surface area (Å²) < 4.78 is -0.234. The number of fused-ring (bicyclic) bond motifs is 1. The van der Waals surface area contributed by atoms with Gasteiger partial charge in [-0.1, -0.05) is 0 Å². The van der Waals surface area contributed by atoms with Gasteiger partial charge in [0, 0.05) is 15.9 Å². The molecule has 0 fully saturated rings. The molecule has 162 valence electrons. The quantitative estimate of drug-likeness (QED) is 0.266. The summed E-state index contributed by atoms with van der Waals surface area (Å²) in [5.41, 5.74) is 6.63. The SMILES string of the molecule is Nc1nc2ncc(CNc3ccc(C(=O)N[C@@H](CC[C](=O)[Al])C(=O)O)cc3)nc2c(=O)[nH]1. The summed E-state index contributed by atoms with van der Waals surface area (Å²) in [5, 5.41) is 14.7. The van der Waals surface area contributed by atoms with Gasteiger partial charge in [0.25, 0.3) is 11.5 Å². The molecule has 32 heavy (non-hydrogen) atoms. The Labute approximate surface area is 189 Å². The summed E-state index contributed by atoms with van der Waals surface area (Å²) in [4.78, 5) is 61.2. The van der Waals surface area contributed by atoms with Crippen molar-refractivity contribution in [1.29, 1.82) is 0 Å². The van der Waals surface area contributed by atoms with Gasteiger partial charge in [-0.15, -0.1) is 0 Å².